The molecule has 5 nitrogen and oxygen atoms in total. The van der Waals surface area contributed by atoms with E-state index < -0.39 is 5.91 Å². The van der Waals surface area contributed by atoms with Crippen molar-refractivity contribution in [3.63, 3.8) is 0 Å². The van der Waals surface area contributed by atoms with E-state index >= 15 is 0 Å². The fourth-order valence-electron chi connectivity index (χ4n) is 3.42. The summed E-state index contributed by atoms with van der Waals surface area (Å²) in [6.45, 7) is 3.93. The second-order valence-electron chi connectivity index (χ2n) is 6.62. The molecule has 1 fully saturated rings. The predicted molar refractivity (Wildman–Crippen MR) is 110 cm³/mol. The SMILES string of the molecule is Cc1cc(/C=C2/C(=O)NN(c3ccccc3)C2=O)c(C)n1-c1cccc(Cl)c1. The number of hydrazine groups is 1. The highest BCUT2D eigenvalue weighted by molar-refractivity contribution is 6.31. The van der Waals surface area contributed by atoms with Gasteiger partial charge in [-0.1, -0.05) is 35.9 Å². The number of rotatable bonds is 3. The second-order valence-corrected chi connectivity index (χ2v) is 7.05. The third-order valence-electron chi connectivity index (χ3n) is 4.74. The topological polar surface area (TPSA) is 54.3 Å². The average Bonchev–Trinajstić information content (AvgIpc) is 3.12. The first-order valence-corrected chi connectivity index (χ1v) is 9.20. The van der Waals surface area contributed by atoms with Crippen molar-refractivity contribution in [3.8, 4) is 5.69 Å². The summed E-state index contributed by atoms with van der Waals surface area (Å²) in [6.07, 6.45) is 1.64. The minimum atomic E-state index is -0.415. The summed E-state index contributed by atoms with van der Waals surface area (Å²) in [6, 6.07) is 18.5. The van der Waals surface area contributed by atoms with Crippen molar-refractivity contribution in [2.45, 2.75) is 13.8 Å². The van der Waals surface area contributed by atoms with Crippen molar-refractivity contribution in [1.82, 2.24) is 9.99 Å². The van der Waals surface area contributed by atoms with Crippen LogP contribution in [0.1, 0.15) is 17.0 Å². The molecule has 0 spiro atoms. The van der Waals surface area contributed by atoms with Gasteiger partial charge in [-0.25, -0.2) is 5.01 Å². The lowest BCUT2D eigenvalue weighted by atomic mass is 10.1. The van der Waals surface area contributed by atoms with E-state index in [9.17, 15) is 9.59 Å². The summed E-state index contributed by atoms with van der Waals surface area (Å²) in [5.74, 6) is -0.787. The number of aryl methyl sites for hydroxylation is 1. The van der Waals surface area contributed by atoms with Crippen molar-refractivity contribution >= 4 is 35.2 Å². The van der Waals surface area contributed by atoms with Crippen LogP contribution in [0, 0.1) is 13.8 Å². The van der Waals surface area contributed by atoms with E-state index in [1.54, 1.807) is 18.2 Å². The smallest absolute Gasteiger partial charge is 0.282 e. The van der Waals surface area contributed by atoms with Crippen LogP contribution in [-0.2, 0) is 9.59 Å². The Labute approximate surface area is 167 Å². The molecule has 28 heavy (non-hydrogen) atoms. The largest absolute Gasteiger partial charge is 0.318 e. The van der Waals surface area contributed by atoms with Gasteiger partial charge in [-0.05, 0) is 61.9 Å². The molecule has 4 rings (SSSR count). The van der Waals surface area contributed by atoms with Crippen molar-refractivity contribution in [1.29, 1.82) is 0 Å². The van der Waals surface area contributed by atoms with E-state index in [1.165, 1.54) is 5.01 Å². The molecule has 2 aromatic carbocycles. The maximum atomic E-state index is 12.8. The van der Waals surface area contributed by atoms with Crippen LogP contribution >= 0.6 is 11.6 Å². The second kappa shape index (κ2) is 7.02. The van der Waals surface area contributed by atoms with Crippen LogP contribution in [0.3, 0.4) is 0 Å². The number of halogens is 1. The number of para-hydroxylation sites is 1. The van der Waals surface area contributed by atoms with Crippen LogP contribution in [0.15, 0.2) is 66.2 Å². The lowest BCUT2D eigenvalue weighted by molar-refractivity contribution is -0.117. The number of nitrogens with one attached hydrogen (secondary N) is 1. The third kappa shape index (κ3) is 3.10. The van der Waals surface area contributed by atoms with Gasteiger partial charge >= 0.3 is 0 Å². The molecule has 1 aliphatic rings. The maximum Gasteiger partial charge on any atom is 0.282 e. The van der Waals surface area contributed by atoms with Crippen LogP contribution in [0.25, 0.3) is 11.8 Å². The van der Waals surface area contributed by atoms with Gasteiger partial charge in [0, 0.05) is 22.1 Å². The number of aromatic nitrogens is 1. The van der Waals surface area contributed by atoms with Crippen LogP contribution in [0.2, 0.25) is 5.02 Å². The Morgan fingerprint density at radius 3 is 2.36 bits per heavy atom. The zero-order chi connectivity index (χ0) is 19.8. The summed E-state index contributed by atoms with van der Waals surface area (Å²) in [7, 11) is 0. The van der Waals surface area contributed by atoms with E-state index in [4.69, 9.17) is 11.6 Å². The molecule has 3 aromatic rings. The number of hydrogen-bond acceptors (Lipinski definition) is 2. The molecule has 0 bridgehead atoms. The molecule has 0 radical (unpaired) electrons. The van der Waals surface area contributed by atoms with Gasteiger partial charge in [0.05, 0.1) is 5.69 Å². The summed E-state index contributed by atoms with van der Waals surface area (Å²) >= 11 is 6.13. The van der Waals surface area contributed by atoms with Crippen LogP contribution < -0.4 is 10.4 Å². The first-order chi connectivity index (χ1) is 13.5. The number of anilines is 1. The number of hydrogen-bond donors (Lipinski definition) is 1. The zero-order valence-electron chi connectivity index (χ0n) is 15.4. The summed E-state index contributed by atoms with van der Waals surface area (Å²) in [5.41, 5.74) is 7.00. The molecule has 0 aliphatic carbocycles. The highest BCUT2D eigenvalue weighted by Gasteiger charge is 2.34. The third-order valence-corrected chi connectivity index (χ3v) is 4.98. The molecule has 0 saturated carbocycles. The molecule has 0 atom stereocenters. The van der Waals surface area contributed by atoms with Crippen LogP contribution in [-0.4, -0.2) is 16.4 Å². The molecule has 1 saturated heterocycles. The van der Waals surface area contributed by atoms with E-state index in [1.807, 2.05) is 66.9 Å². The number of amides is 2. The zero-order valence-corrected chi connectivity index (χ0v) is 16.2. The molecule has 2 amide bonds. The minimum Gasteiger partial charge on any atom is -0.318 e. The Kier molecular flexibility index (Phi) is 4.53. The first kappa shape index (κ1) is 18.1. The lowest BCUT2D eigenvalue weighted by Crippen LogP contribution is -2.35. The number of benzene rings is 2. The monoisotopic (exact) mass is 391 g/mol. The fraction of sp³-hybridized carbons (Fsp3) is 0.0909. The van der Waals surface area contributed by atoms with Gasteiger partial charge in [0.25, 0.3) is 11.8 Å². The standard InChI is InChI=1S/C22H18ClN3O2/c1-14-11-16(15(2)25(14)19-10-6-7-17(23)13-19)12-20-21(27)24-26(22(20)28)18-8-4-3-5-9-18/h3-13H,1-2H3,(H,24,27)/b20-12-. The maximum absolute atomic E-state index is 12.8. The molecule has 140 valence electrons. The normalized spacial score (nSPS) is 15.4. The molecule has 1 N–H and O–H groups in total. The Bertz CT molecular complexity index is 1120. The van der Waals surface area contributed by atoms with Gasteiger partial charge in [0.1, 0.15) is 5.57 Å². The van der Waals surface area contributed by atoms with Crippen molar-refractivity contribution in [2.24, 2.45) is 0 Å². The number of carbonyl (C=O) groups is 2. The van der Waals surface area contributed by atoms with E-state index in [0.29, 0.717) is 10.7 Å². The Hall–Kier alpha value is -3.31. The highest BCUT2D eigenvalue weighted by Crippen LogP contribution is 2.26. The van der Waals surface area contributed by atoms with Gasteiger partial charge < -0.3 is 4.57 Å². The average molecular weight is 392 g/mol. The summed E-state index contributed by atoms with van der Waals surface area (Å²) in [4.78, 5) is 25.2. The molecule has 6 heteroatoms. The van der Waals surface area contributed by atoms with Crippen LogP contribution in [0.5, 0.6) is 0 Å². The molecular weight excluding hydrogens is 374 g/mol. The number of nitrogens with zero attached hydrogens (tertiary/aromatic N) is 2. The minimum absolute atomic E-state index is 0.107. The fourth-order valence-corrected chi connectivity index (χ4v) is 3.60. The molecule has 1 aromatic heterocycles. The van der Waals surface area contributed by atoms with E-state index in [2.05, 4.69) is 5.43 Å². The van der Waals surface area contributed by atoms with Crippen molar-refractivity contribution in [3.05, 3.63) is 88.2 Å². The van der Waals surface area contributed by atoms with Gasteiger partial charge in [0.15, 0.2) is 0 Å². The summed E-state index contributed by atoms with van der Waals surface area (Å²) in [5, 5.41) is 1.92. The van der Waals surface area contributed by atoms with E-state index in [0.717, 1.165) is 22.6 Å². The molecule has 1 aliphatic heterocycles. The molecule has 2 heterocycles. The number of carbonyl (C=O) groups excluding carboxylic acids is 2. The highest BCUT2D eigenvalue weighted by atomic mass is 35.5. The Morgan fingerprint density at radius 2 is 1.64 bits per heavy atom. The quantitative estimate of drug-likeness (QED) is 0.537. The first-order valence-electron chi connectivity index (χ1n) is 8.83. The summed E-state index contributed by atoms with van der Waals surface area (Å²) < 4.78 is 2.05. The Morgan fingerprint density at radius 1 is 0.929 bits per heavy atom. The molecular formula is C22H18ClN3O2. The van der Waals surface area contributed by atoms with Crippen molar-refractivity contribution in [2.75, 3.05) is 5.01 Å². The van der Waals surface area contributed by atoms with Gasteiger partial charge in [-0.3, -0.25) is 15.0 Å². The van der Waals surface area contributed by atoms with Gasteiger partial charge in [0.2, 0.25) is 0 Å². The van der Waals surface area contributed by atoms with Crippen LogP contribution in [0.4, 0.5) is 5.69 Å². The van der Waals surface area contributed by atoms with E-state index in [-0.39, 0.29) is 11.5 Å². The van der Waals surface area contributed by atoms with Gasteiger partial charge in [-0.15, -0.1) is 0 Å². The molecule has 0 unspecified atom stereocenters. The van der Waals surface area contributed by atoms with Crippen molar-refractivity contribution < 1.29 is 9.59 Å². The lowest BCUT2D eigenvalue weighted by Gasteiger charge is -2.13. The van der Waals surface area contributed by atoms with Gasteiger partial charge in [-0.2, -0.15) is 0 Å². The Balaban J connectivity index is 1.73. The predicted octanol–water partition coefficient (Wildman–Crippen LogP) is 4.21.